The van der Waals surface area contributed by atoms with Gasteiger partial charge in [-0.15, -0.1) is 11.3 Å². The van der Waals surface area contributed by atoms with Gasteiger partial charge in [-0.2, -0.15) is 10.2 Å². The number of likely N-dealkylation sites (N-methyl/N-ethyl adjacent to an activating group) is 1. The molecule has 0 saturated heterocycles. The van der Waals surface area contributed by atoms with Crippen LogP contribution in [0.3, 0.4) is 0 Å². The fourth-order valence-electron chi connectivity index (χ4n) is 10.2. The number of hydrogen-bond acceptors (Lipinski definition) is 14. The first-order chi connectivity index (χ1) is 35.5. The van der Waals surface area contributed by atoms with Crippen LogP contribution in [0.1, 0.15) is 141 Å². The SMILES string of the molecule is CC1CCn2nc(Nc3cc(-c4ccc5c(c4)CCCC5NC(=O)OC(C)(C)C)ncn3)cc2C1.CN1CCn2nc(Nc3cc(-c4ccc5c(c4)CCCC5NC(=O)c4cnc(C(C)(C)C)s4)ncn3)cc2C1. The Morgan fingerprint density at radius 3 is 1.82 bits per heavy atom. The maximum absolute atomic E-state index is 13.0. The average molecular weight is 1020 g/mol. The molecule has 2 aromatic carbocycles. The van der Waals surface area contributed by atoms with Gasteiger partial charge in [0, 0.05) is 66.1 Å². The Bertz CT molecular complexity index is 3160. The molecule has 5 aromatic heterocycles. The molecule has 0 spiro atoms. The summed E-state index contributed by atoms with van der Waals surface area (Å²) in [5.74, 6) is 3.70. The second kappa shape index (κ2) is 21.1. The van der Waals surface area contributed by atoms with E-state index >= 15 is 0 Å². The van der Waals surface area contributed by atoms with Crippen molar-refractivity contribution in [3.05, 3.63) is 123 Å². The Morgan fingerprint density at radius 2 is 1.24 bits per heavy atom. The van der Waals surface area contributed by atoms with Gasteiger partial charge in [-0.25, -0.2) is 29.7 Å². The fourth-order valence-corrected chi connectivity index (χ4v) is 11.1. The van der Waals surface area contributed by atoms with E-state index in [0.717, 1.165) is 128 Å². The number of fused-ring (bicyclic) bond motifs is 4. The number of rotatable bonds is 9. The molecular formula is C56H68N14O3S. The van der Waals surface area contributed by atoms with Crippen molar-refractivity contribution >= 4 is 46.6 Å². The highest BCUT2D eigenvalue weighted by Crippen LogP contribution is 2.36. The number of hydrogen-bond donors (Lipinski definition) is 4. The van der Waals surface area contributed by atoms with E-state index in [4.69, 9.17) is 9.84 Å². The summed E-state index contributed by atoms with van der Waals surface area (Å²) in [6.07, 6.45) is 12.5. The van der Waals surface area contributed by atoms with E-state index in [1.54, 1.807) is 18.9 Å². The van der Waals surface area contributed by atoms with E-state index in [1.807, 2.05) is 32.9 Å². The Kier molecular flexibility index (Phi) is 14.4. The summed E-state index contributed by atoms with van der Waals surface area (Å²) in [5.41, 5.74) is 10.5. The third kappa shape index (κ3) is 12.0. The van der Waals surface area contributed by atoms with E-state index in [9.17, 15) is 9.59 Å². The topological polar surface area (TPSA) is 195 Å². The van der Waals surface area contributed by atoms with Crippen LogP contribution in [0.4, 0.5) is 28.1 Å². The van der Waals surface area contributed by atoms with Crippen molar-refractivity contribution in [1.29, 1.82) is 0 Å². The van der Waals surface area contributed by atoms with Crippen LogP contribution in [-0.4, -0.2) is 80.6 Å². The van der Waals surface area contributed by atoms with E-state index < -0.39 is 5.60 Å². The highest BCUT2D eigenvalue weighted by molar-refractivity contribution is 7.13. The number of carbonyl (C=O) groups excluding carboxylic acids is 2. The van der Waals surface area contributed by atoms with E-state index in [2.05, 4.69) is 149 Å². The molecule has 11 rings (SSSR count). The van der Waals surface area contributed by atoms with Crippen molar-refractivity contribution in [2.24, 2.45) is 5.92 Å². The minimum Gasteiger partial charge on any atom is -0.444 e. The zero-order valence-corrected chi connectivity index (χ0v) is 44.6. The van der Waals surface area contributed by atoms with Gasteiger partial charge in [0.2, 0.25) is 0 Å². The van der Waals surface area contributed by atoms with Gasteiger partial charge in [0.25, 0.3) is 5.91 Å². The number of anilines is 4. The number of nitrogens with zero attached hydrogens (tertiary/aromatic N) is 10. The van der Waals surface area contributed by atoms with Crippen LogP contribution in [-0.2, 0) is 49.0 Å². The monoisotopic (exact) mass is 1020 g/mol. The number of benzene rings is 2. The number of thiazole rings is 1. The van der Waals surface area contributed by atoms with Gasteiger partial charge in [-0.3, -0.25) is 19.1 Å². The van der Waals surface area contributed by atoms with Gasteiger partial charge in [0.05, 0.1) is 46.9 Å². The molecule has 4 N–H and O–H groups in total. The van der Waals surface area contributed by atoms with Crippen LogP contribution < -0.4 is 21.3 Å². The molecule has 7 aromatic rings. The average Bonchev–Trinajstić information content (AvgIpc) is 4.13. The van der Waals surface area contributed by atoms with Gasteiger partial charge in [-0.1, -0.05) is 52.0 Å². The third-order valence-electron chi connectivity index (χ3n) is 14.0. The number of amides is 2. The van der Waals surface area contributed by atoms with Crippen LogP contribution in [0.5, 0.6) is 0 Å². The summed E-state index contributed by atoms with van der Waals surface area (Å²) in [4.78, 5) is 50.7. The minimum absolute atomic E-state index is 0.0101. The van der Waals surface area contributed by atoms with Crippen molar-refractivity contribution in [3.63, 3.8) is 0 Å². The predicted octanol–water partition coefficient (Wildman–Crippen LogP) is 10.7. The summed E-state index contributed by atoms with van der Waals surface area (Å²) >= 11 is 1.48. The van der Waals surface area contributed by atoms with E-state index in [-0.39, 0.29) is 29.5 Å². The van der Waals surface area contributed by atoms with Crippen LogP contribution in [0.25, 0.3) is 22.5 Å². The second-order valence-corrected chi connectivity index (χ2v) is 23.3. The molecule has 386 valence electrons. The van der Waals surface area contributed by atoms with E-state index in [0.29, 0.717) is 16.6 Å². The van der Waals surface area contributed by atoms with Gasteiger partial charge >= 0.3 is 6.09 Å². The molecule has 4 aliphatic rings. The molecule has 2 amide bonds. The maximum Gasteiger partial charge on any atom is 0.408 e. The number of nitrogens with one attached hydrogen (secondary N) is 4. The molecular weight excluding hydrogens is 949 g/mol. The molecule has 0 bridgehead atoms. The second-order valence-electron chi connectivity index (χ2n) is 22.3. The molecule has 17 nitrogen and oxygen atoms in total. The number of ether oxygens (including phenoxy) is 1. The Morgan fingerprint density at radius 1 is 0.662 bits per heavy atom. The lowest BCUT2D eigenvalue weighted by atomic mass is 9.86. The normalized spacial score (nSPS) is 18.4. The first-order valence-electron chi connectivity index (χ1n) is 26.0. The van der Waals surface area contributed by atoms with Crippen LogP contribution >= 0.6 is 11.3 Å². The third-order valence-corrected chi connectivity index (χ3v) is 15.4. The molecule has 2 aliphatic carbocycles. The zero-order chi connectivity index (χ0) is 51.7. The first kappa shape index (κ1) is 50.5. The molecule has 0 saturated carbocycles. The molecule has 3 unspecified atom stereocenters. The standard InChI is InChI=1S/C29H34N8OS.C27H34N6O2/c1-29(2,3)28-30-15-24(39-28)27(38)33-22-7-5-6-18-12-19(8-9-21(18)22)23-14-25(32-17-31-23)34-26-13-20-16-36(4)10-11-37(20)35-26;1-17-10-11-33-20(12-17)14-25(32-33)31-24-15-23(28-16-29-24)19-8-9-21-18(13-19)6-5-7-22(21)30-26(34)35-27(2,3)4/h8-9,12-15,17,22H,5-7,10-11,16H2,1-4H3,(H,33,38)(H,31,32,34,35);8-9,13-17,22H,5-7,10-12H2,1-4H3,(H,30,34)(H,28,29,31,32). The lowest BCUT2D eigenvalue weighted by Gasteiger charge is -2.28. The number of carbonyl (C=O) groups is 2. The summed E-state index contributed by atoms with van der Waals surface area (Å²) in [6, 6.07) is 20.9. The van der Waals surface area contributed by atoms with Gasteiger partial charge < -0.3 is 26.0 Å². The largest absolute Gasteiger partial charge is 0.444 e. The van der Waals surface area contributed by atoms with Gasteiger partial charge in [0.15, 0.2) is 11.6 Å². The first-order valence-corrected chi connectivity index (χ1v) is 26.8. The maximum atomic E-state index is 13.0. The zero-order valence-electron chi connectivity index (χ0n) is 43.8. The lowest BCUT2D eigenvalue weighted by Crippen LogP contribution is -2.36. The fraction of sp³-hybridized carbons (Fsp3) is 0.446. The molecule has 0 radical (unpaired) electrons. The van der Waals surface area contributed by atoms with Gasteiger partial charge in [-0.05, 0) is 119 Å². The molecule has 18 heteroatoms. The minimum atomic E-state index is -0.515. The van der Waals surface area contributed by atoms with Crippen LogP contribution in [0.15, 0.2) is 79.5 Å². The van der Waals surface area contributed by atoms with Crippen molar-refractivity contribution < 1.29 is 14.3 Å². The molecule has 7 heterocycles. The predicted molar refractivity (Wildman–Crippen MR) is 289 cm³/mol. The van der Waals surface area contributed by atoms with E-state index in [1.165, 1.54) is 39.4 Å². The highest BCUT2D eigenvalue weighted by atomic mass is 32.1. The number of aryl methyl sites for hydroxylation is 3. The molecule has 74 heavy (non-hydrogen) atoms. The summed E-state index contributed by atoms with van der Waals surface area (Å²) < 4.78 is 9.61. The van der Waals surface area contributed by atoms with Crippen molar-refractivity contribution in [1.82, 2.24) is 60.0 Å². The lowest BCUT2D eigenvalue weighted by molar-refractivity contribution is 0.0498. The smallest absolute Gasteiger partial charge is 0.408 e. The van der Waals surface area contributed by atoms with Crippen molar-refractivity contribution in [2.45, 2.75) is 143 Å². The summed E-state index contributed by atoms with van der Waals surface area (Å²) in [7, 11) is 2.12. The number of alkyl carbamates (subject to hydrolysis) is 1. The Hall–Kier alpha value is -7.05. The van der Waals surface area contributed by atoms with Crippen molar-refractivity contribution in [2.75, 3.05) is 24.2 Å². The Labute approximate surface area is 437 Å². The quantitative estimate of drug-likeness (QED) is 0.107. The van der Waals surface area contributed by atoms with Crippen molar-refractivity contribution in [3.8, 4) is 22.5 Å². The Balaban J connectivity index is 0.000000170. The van der Waals surface area contributed by atoms with Crippen LogP contribution in [0.2, 0.25) is 0 Å². The summed E-state index contributed by atoms with van der Waals surface area (Å²) in [5, 5.41) is 23.4. The molecule has 0 fully saturated rings. The summed E-state index contributed by atoms with van der Waals surface area (Å²) in [6.45, 7) is 18.0. The molecule has 2 aliphatic heterocycles. The highest BCUT2D eigenvalue weighted by Gasteiger charge is 2.28. The van der Waals surface area contributed by atoms with Crippen LogP contribution in [0, 0.1) is 5.92 Å². The molecule has 3 atom stereocenters. The number of aromatic nitrogens is 9. The van der Waals surface area contributed by atoms with Gasteiger partial charge in [0.1, 0.15) is 34.8 Å².